The second-order valence-electron chi connectivity index (χ2n) is 3.37. The quantitative estimate of drug-likeness (QED) is 0.644. The zero-order chi connectivity index (χ0) is 9.42. The smallest absolute Gasteiger partial charge is 0.0384 e. The molecule has 1 atom stereocenters. The maximum absolute atomic E-state index is 2.42. The molecule has 0 aromatic carbocycles. The van der Waals surface area contributed by atoms with Crippen molar-refractivity contribution in [3.05, 3.63) is 34.4 Å². The molecule has 0 aliphatic rings. The van der Waals surface area contributed by atoms with Gasteiger partial charge in [0.25, 0.3) is 0 Å². The summed E-state index contributed by atoms with van der Waals surface area (Å²) in [5, 5.41) is 3.74. The summed E-state index contributed by atoms with van der Waals surface area (Å²) in [6, 6.07) is 4.37. The van der Waals surface area contributed by atoms with Crippen molar-refractivity contribution < 1.29 is 0 Å². The van der Waals surface area contributed by atoms with Crippen LogP contribution in [-0.2, 0) is 6.66 Å². The predicted molar refractivity (Wildman–Crippen MR) is 62.9 cm³/mol. The van der Waals surface area contributed by atoms with Crippen LogP contribution in [0, 0.1) is 13.8 Å². The molecular weight excluding hydrogens is 195 g/mol. The molecule has 68 valence electrons. The van der Waals surface area contributed by atoms with Crippen LogP contribution in [-0.4, -0.2) is 0 Å². The molecule has 2 heteroatoms. The number of rotatable bonds is 1. The van der Waals surface area contributed by atoms with Gasteiger partial charge in [0, 0.05) is 10.2 Å². The van der Waals surface area contributed by atoms with Crippen LogP contribution in [0.5, 0.6) is 0 Å². The first-order valence-electron chi connectivity index (χ1n) is 4.36. The van der Waals surface area contributed by atoms with E-state index in [-0.39, 0.29) is 7.53 Å². The van der Waals surface area contributed by atoms with Gasteiger partial charge in [-0.2, -0.15) is 0 Å². The summed E-state index contributed by atoms with van der Waals surface area (Å²) in [5.74, 6) is 2.42. The summed E-state index contributed by atoms with van der Waals surface area (Å²) in [7, 11) is -0.0297. The Kier molecular flexibility index (Phi) is 2.31. The van der Waals surface area contributed by atoms with Gasteiger partial charge in [0.15, 0.2) is 0 Å². The molecule has 0 nitrogen and oxygen atoms in total. The Bertz CT molecular complexity index is 409. The third-order valence-electron chi connectivity index (χ3n) is 2.44. The van der Waals surface area contributed by atoms with Crippen LogP contribution >= 0.6 is 18.9 Å². The maximum Gasteiger partial charge on any atom is 0.0384 e. The lowest BCUT2D eigenvalue weighted by molar-refractivity contribution is 1.41. The number of hydrogen-bond donors (Lipinski definition) is 0. The normalized spacial score (nSPS) is 12.1. The highest BCUT2D eigenvalue weighted by molar-refractivity contribution is 7.51. The lowest BCUT2D eigenvalue weighted by atomic mass is 10.2. The van der Waals surface area contributed by atoms with Crippen molar-refractivity contribution in [2.24, 2.45) is 6.66 Å². The molecule has 0 spiro atoms. The average Bonchev–Trinajstić information content (AvgIpc) is 2.63. The molecule has 0 saturated heterocycles. The fraction of sp³-hybridized carbons (Fsp3) is 0.273. The molecule has 2 heterocycles. The molecule has 0 saturated carbocycles. The summed E-state index contributed by atoms with van der Waals surface area (Å²) < 4.78 is 0. The fourth-order valence-electron chi connectivity index (χ4n) is 1.68. The van der Waals surface area contributed by atoms with Crippen LogP contribution in [0.4, 0.5) is 0 Å². The molecule has 0 bridgehead atoms. The Balaban J connectivity index is 2.64. The third-order valence-corrected chi connectivity index (χ3v) is 5.54. The van der Waals surface area contributed by atoms with Gasteiger partial charge in [-0.05, 0) is 48.9 Å². The van der Waals surface area contributed by atoms with E-state index in [1.807, 2.05) is 11.3 Å². The van der Waals surface area contributed by atoms with Crippen LogP contribution in [0.2, 0.25) is 0 Å². The standard InChI is InChI=1S/C11H13PS/c1-8-7-12(3)11(9(8)2)10-5-4-6-13-10/h4-7H,1-3H3. The van der Waals surface area contributed by atoms with Crippen LogP contribution in [0.3, 0.4) is 0 Å². The Morgan fingerprint density at radius 1 is 1.31 bits per heavy atom. The second kappa shape index (κ2) is 3.32. The van der Waals surface area contributed by atoms with Gasteiger partial charge in [-0.1, -0.05) is 6.07 Å². The molecule has 0 amide bonds. The lowest BCUT2D eigenvalue weighted by Crippen LogP contribution is -1.73. The van der Waals surface area contributed by atoms with Crippen LogP contribution in [0.25, 0.3) is 10.2 Å². The fourth-order valence-corrected chi connectivity index (χ4v) is 5.02. The van der Waals surface area contributed by atoms with E-state index in [1.54, 1.807) is 5.30 Å². The van der Waals surface area contributed by atoms with Gasteiger partial charge in [-0.3, -0.25) is 0 Å². The van der Waals surface area contributed by atoms with E-state index in [0.717, 1.165) is 0 Å². The number of hydrogen-bond acceptors (Lipinski definition) is 1. The Morgan fingerprint density at radius 2 is 2.08 bits per heavy atom. The zero-order valence-electron chi connectivity index (χ0n) is 8.16. The highest BCUT2D eigenvalue weighted by Gasteiger charge is 2.09. The third kappa shape index (κ3) is 1.47. The van der Waals surface area contributed by atoms with Gasteiger partial charge in [0.2, 0.25) is 0 Å². The highest BCUT2D eigenvalue weighted by atomic mass is 32.1. The lowest BCUT2D eigenvalue weighted by Gasteiger charge is -1.99. The minimum Gasteiger partial charge on any atom is -0.143 e. The van der Waals surface area contributed by atoms with Crippen molar-refractivity contribution in [1.29, 1.82) is 0 Å². The van der Waals surface area contributed by atoms with Crippen LogP contribution in [0.15, 0.2) is 23.3 Å². The van der Waals surface area contributed by atoms with E-state index in [9.17, 15) is 0 Å². The van der Waals surface area contributed by atoms with Gasteiger partial charge in [0.1, 0.15) is 0 Å². The molecule has 1 unspecified atom stereocenters. The highest BCUT2D eigenvalue weighted by Crippen LogP contribution is 2.45. The van der Waals surface area contributed by atoms with E-state index in [4.69, 9.17) is 0 Å². The van der Waals surface area contributed by atoms with Crippen LogP contribution < -0.4 is 0 Å². The summed E-state index contributed by atoms with van der Waals surface area (Å²) in [4.78, 5) is 1.46. The molecule has 0 radical (unpaired) electrons. The number of thiophene rings is 1. The minimum atomic E-state index is -0.0297. The SMILES string of the molecule is Cc1cp(C)c(-c2cccs2)c1C. The zero-order valence-corrected chi connectivity index (χ0v) is 9.88. The van der Waals surface area contributed by atoms with E-state index >= 15 is 0 Å². The van der Waals surface area contributed by atoms with Crippen molar-refractivity contribution in [1.82, 2.24) is 0 Å². The molecular formula is C11H13PS. The maximum atomic E-state index is 2.42. The van der Waals surface area contributed by atoms with Crippen LogP contribution in [0.1, 0.15) is 11.1 Å². The van der Waals surface area contributed by atoms with E-state index in [2.05, 4.69) is 43.8 Å². The molecule has 2 aromatic heterocycles. The first-order valence-corrected chi connectivity index (χ1v) is 7.10. The van der Waals surface area contributed by atoms with Gasteiger partial charge in [-0.15, -0.1) is 18.9 Å². The molecule has 13 heavy (non-hydrogen) atoms. The summed E-state index contributed by atoms with van der Waals surface area (Å²) in [6.07, 6.45) is 0. The molecule has 0 aliphatic carbocycles. The molecule has 0 fully saturated rings. The topological polar surface area (TPSA) is 0 Å². The van der Waals surface area contributed by atoms with Gasteiger partial charge in [-0.25, -0.2) is 0 Å². The van der Waals surface area contributed by atoms with Crippen molar-refractivity contribution in [2.75, 3.05) is 0 Å². The van der Waals surface area contributed by atoms with Crippen molar-refractivity contribution >= 4 is 18.9 Å². The first kappa shape index (κ1) is 9.05. The molecule has 2 rings (SSSR count). The van der Waals surface area contributed by atoms with Gasteiger partial charge in [0.05, 0.1) is 0 Å². The molecule has 0 N–H and O–H groups in total. The monoisotopic (exact) mass is 208 g/mol. The van der Waals surface area contributed by atoms with E-state index < -0.39 is 0 Å². The molecule has 2 aromatic rings. The van der Waals surface area contributed by atoms with Crippen molar-refractivity contribution in [2.45, 2.75) is 13.8 Å². The average molecular weight is 208 g/mol. The summed E-state index contributed by atoms with van der Waals surface area (Å²) in [6.45, 7) is 6.80. The number of aryl methyl sites for hydroxylation is 2. The van der Waals surface area contributed by atoms with Gasteiger partial charge < -0.3 is 0 Å². The van der Waals surface area contributed by atoms with E-state index in [0.29, 0.717) is 0 Å². The first-order chi connectivity index (χ1) is 6.20. The Morgan fingerprint density at radius 3 is 2.54 bits per heavy atom. The summed E-state index contributed by atoms with van der Waals surface area (Å²) in [5.41, 5.74) is 2.97. The molecule has 0 aliphatic heterocycles. The van der Waals surface area contributed by atoms with Crippen molar-refractivity contribution in [3.63, 3.8) is 0 Å². The predicted octanol–water partition coefficient (Wildman–Crippen LogP) is 4.56. The Hall–Kier alpha value is -0.520. The Labute approximate surface area is 84.3 Å². The largest absolute Gasteiger partial charge is 0.143 e. The van der Waals surface area contributed by atoms with E-state index in [1.165, 1.54) is 16.0 Å². The minimum absolute atomic E-state index is 0.0297. The van der Waals surface area contributed by atoms with Crippen molar-refractivity contribution in [3.8, 4) is 10.2 Å². The van der Waals surface area contributed by atoms with Gasteiger partial charge >= 0.3 is 0 Å². The summed E-state index contributed by atoms with van der Waals surface area (Å²) >= 11 is 1.85. The second-order valence-corrected chi connectivity index (χ2v) is 6.25.